The molecule has 3 amide bonds. The van der Waals surface area contributed by atoms with Crippen LogP contribution in [0.4, 0.5) is 0 Å². The van der Waals surface area contributed by atoms with Gasteiger partial charge in [0.05, 0.1) is 6.54 Å². The molecule has 118 valence electrons. The van der Waals surface area contributed by atoms with Gasteiger partial charge >= 0.3 is 0 Å². The third kappa shape index (κ3) is 3.33. The molecule has 0 spiro atoms. The predicted octanol–water partition coefficient (Wildman–Crippen LogP) is 0.755. The lowest BCUT2D eigenvalue weighted by molar-refractivity contribution is -0.139. The average molecular weight is 303 g/mol. The molecule has 6 nitrogen and oxygen atoms in total. The third-order valence-corrected chi connectivity index (χ3v) is 4.02. The second-order valence-corrected chi connectivity index (χ2v) is 5.57. The number of likely N-dealkylation sites (N-methyl/N-ethyl adjacent to an activating group) is 1. The zero-order chi connectivity index (χ0) is 16.3. The first-order chi connectivity index (χ1) is 10.4. The molecule has 1 aromatic rings. The van der Waals surface area contributed by atoms with Gasteiger partial charge in [-0.2, -0.15) is 0 Å². The van der Waals surface area contributed by atoms with Gasteiger partial charge in [-0.15, -0.1) is 0 Å². The predicted molar refractivity (Wildman–Crippen MR) is 81.8 cm³/mol. The van der Waals surface area contributed by atoms with E-state index >= 15 is 0 Å². The van der Waals surface area contributed by atoms with E-state index in [1.807, 2.05) is 6.92 Å². The Kier molecular flexibility index (Phi) is 4.92. The number of hydrogen-bond donors (Lipinski definition) is 1. The lowest BCUT2D eigenvalue weighted by Gasteiger charge is -2.23. The second kappa shape index (κ2) is 6.70. The lowest BCUT2D eigenvalue weighted by atomic mass is 10.1. The van der Waals surface area contributed by atoms with E-state index in [4.69, 9.17) is 5.73 Å². The number of benzene rings is 1. The summed E-state index contributed by atoms with van der Waals surface area (Å²) in [5, 5.41) is 0. The maximum atomic E-state index is 12.3. The summed E-state index contributed by atoms with van der Waals surface area (Å²) in [5.41, 5.74) is 6.96. The smallest absolute Gasteiger partial charge is 0.253 e. The van der Waals surface area contributed by atoms with Crippen molar-refractivity contribution in [2.75, 3.05) is 13.6 Å². The molecule has 22 heavy (non-hydrogen) atoms. The normalized spacial score (nSPS) is 16.0. The van der Waals surface area contributed by atoms with Crippen LogP contribution < -0.4 is 5.73 Å². The van der Waals surface area contributed by atoms with E-state index in [2.05, 4.69) is 0 Å². The van der Waals surface area contributed by atoms with E-state index in [-0.39, 0.29) is 43.1 Å². The van der Waals surface area contributed by atoms with Gasteiger partial charge < -0.3 is 10.6 Å². The minimum Gasteiger partial charge on any atom is -0.338 e. The summed E-state index contributed by atoms with van der Waals surface area (Å²) in [5.74, 6) is -0.374. The van der Waals surface area contributed by atoms with Crippen LogP contribution in [0.1, 0.15) is 35.7 Å². The Morgan fingerprint density at radius 2 is 1.77 bits per heavy atom. The van der Waals surface area contributed by atoms with Crippen molar-refractivity contribution in [2.24, 2.45) is 5.73 Å². The quantitative estimate of drug-likeness (QED) is 0.814. The molecule has 2 N–H and O–H groups in total. The van der Waals surface area contributed by atoms with Gasteiger partial charge in [-0.1, -0.05) is 12.1 Å². The van der Waals surface area contributed by atoms with Crippen LogP contribution in [0.3, 0.4) is 0 Å². The Morgan fingerprint density at radius 1 is 1.23 bits per heavy atom. The van der Waals surface area contributed by atoms with Gasteiger partial charge in [-0.3, -0.25) is 19.3 Å². The van der Waals surface area contributed by atoms with Crippen LogP contribution in [0.2, 0.25) is 0 Å². The third-order valence-electron chi connectivity index (χ3n) is 4.02. The molecule has 1 atom stereocenters. The van der Waals surface area contributed by atoms with Gasteiger partial charge in [0, 0.05) is 38.0 Å². The van der Waals surface area contributed by atoms with Crippen LogP contribution in [0, 0.1) is 0 Å². The summed E-state index contributed by atoms with van der Waals surface area (Å²) >= 11 is 0. The van der Waals surface area contributed by atoms with Gasteiger partial charge in [0.25, 0.3) is 5.91 Å². The SMILES string of the molecule is CC(CN)N(C)C(=O)c1ccc(CN2C(=O)CCC2=O)cc1. The fraction of sp³-hybridized carbons (Fsp3) is 0.438. The topological polar surface area (TPSA) is 83.7 Å². The van der Waals surface area contributed by atoms with Crippen molar-refractivity contribution in [3.05, 3.63) is 35.4 Å². The fourth-order valence-electron chi connectivity index (χ4n) is 2.30. The molecule has 1 saturated heterocycles. The molecule has 1 unspecified atom stereocenters. The monoisotopic (exact) mass is 303 g/mol. The summed E-state index contributed by atoms with van der Waals surface area (Å²) in [7, 11) is 1.72. The van der Waals surface area contributed by atoms with E-state index in [9.17, 15) is 14.4 Å². The molecule has 1 aliphatic heterocycles. The summed E-state index contributed by atoms with van der Waals surface area (Å²) < 4.78 is 0. The first-order valence-corrected chi connectivity index (χ1v) is 7.33. The number of carbonyl (C=O) groups excluding carboxylic acids is 3. The zero-order valence-electron chi connectivity index (χ0n) is 12.9. The molecule has 1 fully saturated rings. The maximum absolute atomic E-state index is 12.3. The fourth-order valence-corrected chi connectivity index (χ4v) is 2.30. The van der Waals surface area contributed by atoms with Gasteiger partial charge in [0.2, 0.25) is 11.8 Å². The van der Waals surface area contributed by atoms with Crippen LogP contribution in [0.5, 0.6) is 0 Å². The van der Waals surface area contributed by atoms with Crippen LogP contribution in [0.25, 0.3) is 0 Å². The first kappa shape index (κ1) is 16.2. The van der Waals surface area contributed by atoms with E-state index in [0.29, 0.717) is 12.1 Å². The molecule has 0 aromatic heterocycles. The van der Waals surface area contributed by atoms with Gasteiger partial charge in [0.1, 0.15) is 0 Å². The Balaban J connectivity index is 2.06. The Hall–Kier alpha value is -2.21. The van der Waals surface area contributed by atoms with Crippen molar-refractivity contribution < 1.29 is 14.4 Å². The summed E-state index contributed by atoms with van der Waals surface area (Å²) in [6, 6.07) is 6.93. The largest absolute Gasteiger partial charge is 0.338 e. The number of likely N-dealkylation sites (tertiary alicyclic amines) is 1. The standard InChI is InChI=1S/C16H21N3O3/c1-11(9-17)18(2)16(22)13-5-3-12(4-6-13)10-19-14(20)7-8-15(19)21/h3-6,11H,7-10,17H2,1-2H3. The minimum atomic E-state index is -0.137. The lowest BCUT2D eigenvalue weighted by Crippen LogP contribution is -2.39. The number of nitrogens with two attached hydrogens (primary N) is 1. The molecule has 1 aliphatic rings. The van der Waals surface area contributed by atoms with Crippen molar-refractivity contribution >= 4 is 17.7 Å². The Morgan fingerprint density at radius 3 is 2.27 bits per heavy atom. The number of nitrogens with zero attached hydrogens (tertiary/aromatic N) is 2. The highest BCUT2D eigenvalue weighted by molar-refractivity contribution is 6.01. The van der Waals surface area contributed by atoms with E-state index in [1.54, 1.807) is 36.2 Å². The first-order valence-electron chi connectivity index (χ1n) is 7.33. The van der Waals surface area contributed by atoms with Crippen LogP contribution >= 0.6 is 0 Å². The molecule has 0 saturated carbocycles. The van der Waals surface area contributed by atoms with Crippen molar-refractivity contribution in [3.8, 4) is 0 Å². The summed E-state index contributed by atoms with van der Waals surface area (Å²) in [4.78, 5) is 38.3. The highest BCUT2D eigenvalue weighted by Crippen LogP contribution is 2.16. The zero-order valence-corrected chi connectivity index (χ0v) is 12.9. The van der Waals surface area contributed by atoms with Crippen molar-refractivity contribution in [3.63, 3.8) is 0 Å². The van der Waals surface area contributed by atoms with E-state index < -0.39 is 0 Å². The highest BCUT2D eigenvalue weighted by Gasteiger charge is 2.28. The van der Waals surface area contributed by atoms with Gasteiger partial charge in [0.15, 0.2) is 0 Å². The van der Waals surface area contributed by atoms with E-state index in [1.165, 1.54) is 4.90 Å². The van der Waals surface area contributed by atoms with Crippen LogP contribution in [0.15, 0.2) is 24.3 Å². The number of amides is 3. The molecule has 0 radical (unpaired) electrons. The molecule has 6 heteroatoms. The average Bonchev–Trinajstić information content (AvgIpc) is 2.85. The van der Waals surface area contributed by atoms with Gasteiger partial charge in [-0.05, 0) is 24.6 Å². The van der Waals surface area contributed by atoms with E-state index in [0.717, 1.165) is 5.56 Å². The number of rotatable bonds is 5. The second-order valence-electron chi connectivity index (χ2n) is 5.57. The van der Waals surface area contributed by atoms with Crippen molar-refractivity contribution in [1.29, 1.82) is 0 Å². The van der Waals surface area contributed by atoms with Gasteiger partial charge in [-0.25, -0.2) is 0 Å². The highest BCUT2D eigenvalue weighted by atomic mass is 16.2. The molecule has 0 aliphatic carbocycles. The van der Waals surface area contributed by atoms with Crippen LogP contribution in [-0.4, -0.2) is 47.2 Å². The minimum absolute atomic E-state index is 0.0352. The molecular weight excluding hydrogens is 282 g/mol. The van der Waals surface area contributed by atoms with Crippen LogP contribution in [-0.2, 0) is 16.1 Å². The molecule has 0 bridgehead atoms. The number of carbonyl (C=O) groups is 3. The van der Waals surface area contributed by atoms with Crippen molar-refractivity contribution in [2.45, 2.75) is 32.4 Å². The van der Waals surface area contributed by atoms with Crippen molar-refractivity contribution in [1.82, 2.24) is 9.80 Å². The molecule has 1 aromatic carbocycles. The maximum Gasteiger partial charge on any atom is 0.253 e. The number of hydrogen-bond acceptors (Lipinski definition) is 4. The Labute approximate surface area is 129 Å². The number of imide groups is 1. The molecule has 2 rings (SSSR count). The molecular formula is C16H21N3O3. The summed E-state index contributed by atoms with van der Waals surface area (Å²) in [6.45, 7) is 2.55. The Bertz CT molecular complexity index is 567. The summed E-state index contributed by atoms with van der Waals surface area (Å²) in [6.07, 6.45) is 0.578. The molecule has 1 heterocycles.